The number of anilines is 2. The Morgan fingerprint density at radius 2 is 1.81 bits per heavy atom. The Morgan fingerprint density at radius 1 is 1.10 bits per heavy atom. The zero-order valence-corrected chi connectivity index (χ0v) is 11.3. The predicted octanol–water partition coefficient (Wildman–Crippen LogP) is 1.84. The summed E-state index contributed by atoms with van der Waals surface area (Å²) in [5, 5.41) is 13.8. The largest absolute Gasteiger partial charge is 0.317 e. The molecule has 0 aliphatic rings. The molecule has 0 unspecified atom stereocenters. The standard InChI is InChI=1S/C15H12N4O2/c1-10-5-4-8-17-13(10)19-15(21)14(20)18-12-7-3-2-6-11(12)9-16/h2-8H,1H3,(H,18,20)(H,17,19,21). The van der Waals surface area contributed by atoms with Gasteiger partial charge in [0.25, 0.3) is 0 Å². The number of benzene rings is 1. The summed E-state index contributed by atoms with van der Waals surface area (Å²) in [6.45, 7) is 1.77. The van der Waals surface area contributed by atoms with Crippen LogP contribution in [0, 0.1) is 18.3 Å². The van der Waals surface area contributed by atoms with E-state index >= 15 is 0 Å². The average Bonchev–Trinajstić information content (AvgIpc) is 2.50. The number of aryl methyl sites for hydroxylation is 1. The summed E-state index contributed by atoms with van der Waals surface area (Å²) in [6, 6.07) is 11.9. The van der Waals surface area contributed by atoms with E-state index in [4.69, 9.17) is 5.26 Å². The van der Waals surface area contributed by atoms with Gasteiger partial charge in [-0.05, 0) is 30.7 Å². The lowest BCUT2D eigenvalue weighted by atomic mass is 10.2. The third-order valence-corrected chi connectivity index (χ3v) is 2.74. The van der Waals surface area contributed by atoms with Crippen molar-refractivity contribution in [3.63, 3.8) is 0 Å². The molecule has 21 heavy (non-hydrogen) atoms. The van der Waals surface area contributed by atoms with Crippen LogP contribution in [-0.2, 0) is 9.59 Å². The van der Waals surface area contributed by atoms with Crippen LogP contribution in [0.5, 0.6) is 0 Å². The third-order valence-electron chi connectivity index (χ3n) is 2.74. The molecule has 6 nitrogen and oxygen atoms in total. The first-order chi connectivity index (χ1) is 10.1. The molecule has 0 spiro atoms. The van der Waals surface area contributed by atoms with Gasteiger partial charge in [0.15, 0.2) is 0 Å². The van der Waals surface area contributed by atoms with E-state index in [2.05, 4.69) is 15.6 Å². The normalized spacial score (nSPS) is 9.52. The smallest absolute Gasteiger partial charge is 0.315 e. The number of pyridine rings is 1. The molecule has 104 valence electrons. The lowest BCUT2D eigenvalue weighted by Crippen LogP contribution is -2.30. The van der Waals surface area contributed by atoms with Gasteiger partial charge < -0.3 is 10.6 Å². The van der Waals surface area contributed by atoms with Gasteiger partial charge in [-0.15, -0.1) is 0 Å². The van der Waals surface area contributed by atoms with Gasteiger partial charge in [-0.1, -0.05) is 18.2 Å². The summed E-state index contributed by atoms with van der Waals surface area (Å²) in [5.41, 5.74) is 1.32. The number of aromatic nitrogens is 1. The molecule has 0 atom stereocenters. The van der Waals surface area contributed by atoms with Gasteiger partial charge in [-0.25, -0.2) is 4.98 Å². The number of rotatable bonds is 2. The lowest BCUT2D eigenvalue weighted by Gasteiger charge is -2.08. The first-order valence-electron chi connectivity index (χ1n) is 6.15. The molecule has 1 aromatic heterocycles. The van der Waals surface area contributed by atoms with Crippen molar-refractivity contribution in [1.82, 2.24) is 4.98 Å². The molecule has 0 bridgehead atoms. The molecule has 1 heterocycles. The molecule has 2 aromatic rings. The Labute approximate surface area is 121 Å². The van der Waals surface area contributed by atoms with Crippen molar-refractivity contribution in [3.8, 4) is 6.07 Å². The van der Waals surface area contributed by atoms with Crippen LogP contribution in [-0.4, -0.2) is 16.8 Å². The maximum Gasteiger partial charge on any atom is 0.315 e. The molecule has 0 saturated carbocycles. The SMILES string of the molecule is Cc1cccnc1NC(=O)C(=O)Nc1ccccc1C#N. The van der Waals surface area contributed by atoms with Gasteiger partial charge in [-0.2, -0.15) is 5.26 Å². The van der Waals surface area contributed by atoms with E-state index < -0.39 is 11.8 Å². The van der Waals surface area contributed by atoms with Crippen molar-refractivity contribution < 1.29 is 9.59 Å². The summed E-state index contributed by atoms with van der Waals surface area (Å²) < 4.78 is 0. The van der Waals surface area contributed by atoms with Gasteiger partial charge in [0.1, 0.15) is 11.9 Å². The number of nitrogens with zero attached hydrogens (tertiary/aromatic N) is 2. The van der Waals surface area contributed by atoms with Crippen molar-refractivity contribution in [2.24, 2.45) is 0 Å². The Morgan fingerprint density at radius 3 is 2.52 bits per heavy atom. The van der Waals surface area contributed by atoms with Crippen LogP contribution in [0.25, 0.3) is 0 Å². The third kappa shape index (κ3) is 3.42. The number of hydrogen-bond acceptors (Lipinski definition) is 4. The van der Waals surface area contributed by atoms with E-state index in [1.54, 1.807) is 43.3 Å². The van der Waals surface area contributed by atoms with E-state index in [0.717, 1.165) is 5.56 Å². The van der Waals surface area contributed by atoms with E-state index in [1.807, 2.05) is 6.07 Å². The summed E-state index contributed by atoms with van der Waals surface area (Å²) in [4.78, 5) is 27.6. The average molecular weight is 280 g/mol. The number of carbonyl (C=O) groups is 2. The second kappa shape index (κ2) is 6.30. The zero-order chi connectivity index (χ0) is 15.2. The topological polar surface area (TPSA) is 94.9 Å². The Kier molecular flexibility index (Phi) is 4.26. The number of nitrogens with one attached hydrogen (secondary N) is 2. The van der Waals surface area contributed by atoms with Crippen LogP contribution in [0.2, 0.25) is 0 Å². The minimum Gasteiger partial charge on any atom is -0.317 e. The minimum absolute atomic E-state index is 0.285. The van der Waals surface area contributed by atoms with Gasteiger partial charge in [-0.3, -0.25) is 9.59 Å². The molecule has 1 aromatic carbocycles. The highest BCUT2D eigenvalue weighted by Crippen LogP contribution is 2.14. The van der Waals surface area contributed by atoms with Gasteiger partial charge in [0, 0.05) is 6.20 Å². The number of para-hydroxylation sites is 1. The van der Waals surface area contributed by atoms with Crippen molar-refractivity contribution in [2.75, 3.05) is 10.6 Å². The minimum atomic E-state index is -0.859. The first kappa shape index (κ1) is 14.2. The molecule has 0 aliphatic heterocycles. The van der Waals surface area contributed by atoms with Gasteiger partial charge >= 0.3 is 11.8 Å². The first-order valence-corrected chi connectivity index (χ1v) is 6.15. The monoisotopic (exact) mass is 280 g/mol. The summed E-state index contributed by atoms with van der Waals surface area (Å²) in [7, 11) is 0. The highest BCUT2D eigenvalue weighted by Gasteiger charge is 2.16. The molecule has 0 aliphatic carbocycles. The predicted molar refractivity (Wildman–Crippen MR) is 77.4 cm³/mol. The van der Waals surface area contributed by atoms with Crippen molar-refractivity contribution >= 4 is 23.3 Å². The van der Waals surface area contributed by atoms with Gasteiger partial charge in [0.05, 0.1) is 11.3 Å². The zero-order valence-electron chi connectivity index (χ0n) is 11.3. The number of nitriles is 1. The van der Waals surface area contributed by atoms with E-state index in [-0.39, 0.29) is 11.3 Å². The van der Waals surface area contributed by atoms with Crippen molar-refractivity contribution in [2.45, 2.75) is 6.92 Å². The molecule has 6 heteroatoms. The summed E-state index contributed by atoms with van der Waals surface area (Å²) >= 11 is 0. The van der Waals surface area contributed by atoms with Crippen LogP contribution in [0.4, 0.5) is 11.5 Å². The van der Waals surface area contributed by atoms with E-state index in [1.165, 1.54) is 6.20 Å². The highest BCUT2D eigenvalue weighted by molar-refractivity contribution is 6.43. The molecule has 2 rings (SSSR count). The van der Waals surface area contributed by atoms with Crippen LogP contribution in [0.3, 0.4) is 0 Å². The van der Waals surface area contributed by atoms with Crippen LogP contribution >= 0.6 is 0 Å². The maximum atomic E-state index is 11.8. The molecule has 0 fully saturated rings. The second-order valence-electron chi connectivity index (χ2n) is 4.23. The number of carbonyl (C=O) groups excluding carboxylic acids is 2. The van der Waals surface area contributed by atoms with Crippen molar-refractivity contribution in [3.05, 3.63) is 53.7 Å². The molecule has 0 saturated heterocycles. The number of amides is 2. The quantitative estimate of drug-likeness (QED) is 0.820. The summed E-state index contributed by atoms with van der Waals surface area (Å²) in [6.07, 6.45) is 1.52. The Bertz CT molecular complexity index is 734. The fourth-order valence-corrected chi connectivity index (χ4v) is 1.65. The van der Waals surface area contributed by atoms with Crippen LogP contribution in [0.15, 0.2) is 42.6 Å². The lowest BCUT2D eigenvalue weighted by molar-refractivity contribution is -0.133. The fraction of sp³-hybridized carbons (Fsp3) is 0.0667. The number of hydrogen-bond donors (Lipinski definition) is 2. The Hall–Kier alpha value is -3.20. The molecular formula is C15H12N4O2. The maximum absolute atomic E-state index is 11.8. The molecule has 2 amide bonds. The van der Waals surface area contributed by atoms with Crippen LogP contribution in [0.1, 0.15) is 11.1 Å². The van der Waals surface area contributed by atoms with Crippen LogP contribution < -0.4 is 10.6 Å². The summed E-state index contributed by atoms with van der Waals surface area (Å²) in [5.74, 6) is -1.38. The van der Waals surface area contributed by atoms with E-state index in [9.17, 15) is 9.59 Å². The molecule has 0 radical (unpaired) electrons. The van der Waals surface area contributed by atoms with Gasteiger partial charge in [0.2, 0.25) is 0 Å². The molecular weight excluding hydrogens is 268 g/mol. The van der Waals surface area contributed by atoms with Crippen molar-refractivity contribution in [1.29, 1.82) is 5.26 Å². The fourth-order valence-electron chi connectivity index (χ4n) is 1.65. The Balaban J connectivity index is 2.09. The molecule has 2 N–H and O–H groups in total. The second-order valence-corrected chi connectivity index (χ2v) is 4.23. The highest BCUT2D eigenvalue weighted by atomic mass is 16.2. The van der Waals surface area contributed by atoms with E-state index in [0.29, 0.717) is 5.82 Å².